The number of allylic oxidation sites excluding steroid dienone is 1. The molecule has 2 aromatic carbocycles. The molecule has 1 unspecified atom stereocenters. The van der Waals surface area contributed by atoms with Crippen LogP contribution in [0.1, 0.15) is 39.2 Å². The predicted molar refractivity (Wildman–Crippen MR) is 139 cm³/mol. The number of benzene rings is 2. The minimum Gasteiger partial charge on any atom is -0.390 e. The number of ether oxygens (including phenoxy) is 1. The largest absolute Gasteiger partial charge is 0.390 e. The minimum atomic E-state index is -4.24. The van der Waals surface area contributed by atoms with Crippen molar-refractivity contribution in [3.63, 3.8) is 0 Å². The summed E-state index contributed by atoms with van der Waals surface area (Å²) in [7, 11) is -4.24. The maximum Gasteiger partial charge on any atom is 0.250 e. The molecule has 9 nitrogen and oxygen atoms in total. The third-order valence-corrected chi connectivity index (χ3v) is 7.74. The normalized spacial score (nSPS) is 25.0. The molecule has 3 rings (SSSR count). The molecule has 0 saturated carbocycles. The smallest absolute Gasteiger partial charge is 0.250 e. The van der Waals surface area contributed by atoms with Gasteiger partial charge < -0.3 is 25.0 Å². The Kier molecular flexibility index (Phi) is 9.47. The molecule has 1 heterocycles. The Bertz CT molecular complexity index is 1220. The van der Waals surface area contributed by atoms with Crippen LogP contribution in [0.2, 0.25) is 0 Å². The van der Waals surface area contributed by atoms with E-state index < -0.39 is 52.0 Å². The van der Waals surface area contributed by atoms with Crippen molar-refractivity contribution in [2.75, 3.05) is 24.5 Å². The Balaban J connectivity index is 1.78. The van der Waals surface area contributed by atoms with E-state index in [2.05, 4.69) is 29.5 Å². The van der Waals surface area contributed by atoms with E-state index in [4.69, 9.17) is 4.74 Å². The average molecular weight is 518 g/mol. The Labute approximate surface area is 212 Å². The van der Waals surface area contributed by atoms with Crippen molar-refractivity contribution in [2.24, 2.45) is 5.92 Å². The van der Waals surface area contributed by atoms with Crippen LogP contribution >= 0.6 is 0 Å². The van der Waals surface area contributed by atoms with Gasteiger partial charge in [-0.3, -0.25) is 0 Å². The molecule has 36 heavy (non-hydrogen) atoms. The van der Waals surface area contributed by atoms with Crippen molar-refractivity contribution in [2.45, 2.75) is 58.2 Å². The van der Waals surface area contributed by atoms with E-state index in [1.807, 2.05) is 24.3 Å². The quantitative estimate of drug-likeness (QED) is 0.352. The van der Waals surface area contributed by atoms with Crippen molar-refractivity contribution in [3.05, 3.63) is 46.9 Å². The number of fused-ring (bicyclic) bond motifs is 1. The third-order valence-electron chi connectivity index (χ3n) is 6.41. The van der Waals surface area contributed by atoms with Crippen molar-refractivity contribution in [1.82, 2.24) is 4.72 Å². The number of rotatable bonds is 10. The monoisotopic (exact) mass is 517 g/mol. The Morgan fingerprint density at radius 2 is 1.72 bits per heavy atom. The van der Waals surface area contributed by atoms with Crippen molar-refractivity contribution in [3.8, 4) is 6.07 Å². The Hall–Kier alpha value is -2.52. The van der Waals surface area contributed by atoms with Crippen LogP contribution in [0.3, 0.4) is 0 Å². The zero-order valence-electron chi connectivity index (χ0n) is 20.8. The fourth-order valence-electron chi connectivity index (χ4n) is 4.29. The van der Waals surface area contributed by atoms with E-state index >= 15 is 0 Å². The molecule has 0 amide bonds. The molecule has 1 aliphatic heterocycles. The molecule has 0 bridgehead atoms. The van der Waals surface area contributed by atoms with Gasteiger partial charge in [-0.05, 0) is 53.5 Å². The van der Waals surface area contributed by atoms with Gasteiger partial charge in [0, 0.05) is 31.2 Å². The zero-order chi connectivity index (χ0) is 26.5. The highest BCUT2D eigenvalue weighted by molar-refractivity contribution is 7.93. The van der Waals surface area contributed by atoms with Crippen LogP contribution in [0.25, 0.3) is 16.8 Å². The zero-order valence-corrected chi connectivity index (χ0v) is 21.6. The summed E-state index contributed by atoms with van der Waals surface area (Å²) < 4.78 is 33.0. The average Bonchev–Trinajstić information content (AvgIpc) is 2.86. The summed E-state index contributed by atoms with van der Waals surface area (Å²) >= 11 is 0. The molecule has 2 aromatic rings. The molecule has 0 aliphatic carbocycles. The molecule has 5 atom stereocenters. The molecule has 10 heteroatoms. The van der Waals surface area contributed by atoms with Crippen LogP contribution in [0, 0.1) is 17.2 Å². The second-order valence-corrected chi connectivity index (χ2v) is 10.9. The van der Waals surface area contributed by atoms with Crippen LogP contribution in [0.15, 0.2) is 41.3 Å². The van der Waals surface area contributed by atoms with Crippen molar-refractivity contribution < 1.29 is 28.5 Å². The topological polar surface area (TPSA) is 143 Å². The number of aliphatic hydroxyl groups is 3. The van der Waals surface area contributed by atoms with E-state index in [0.717, 1.165) is 42.4 Å². The van der Waals surface area contributed by atoms with Gasteiger partial charge in [-0.2, -0.15) is 5.26 Å². The van der Waals surface area contributed by atoms with E-state index in [0.29, 0.717) is 5.56 Å². The lowest BCUT2D eigenvalue weighted by Gasteiger charge is -2.39. The van der Waals surface area contributed by atoms with Gasteiger partial charge in [-0.1, -0.05) is 39.0 Å². The lowest BCUT2D eigenvalue weighted by molar-refractivity contribution is -0.257. The van der Waals surface area contributed by atoms with Gasteiger partial charge in [0.15, 0.2) is 11.2 Å². The van der Waals surface area contributed by atoms with Gasteiger partial charge >= 0.3 is 0 Å². The Morgan fingerprint density at radius 3 is 2.36 bits per heavy atom. The molecule has 1 aliphatic rings. The summed E-state index contributed by atoms with van der Waals surface area (Å²) in [6.07, 6.45) is -1.81. The number of hydrogen-bond donors (Lipinski definition) is 4. The molecule has 4 N–H and O–H groups in total. The summed E-state index contributed by atoms with van der Waals surface area (Å²) in [5.74, 6) is -0.729. The van der Waals surface area contributed by atoms with Gasteiger partial charge in [0.1, 0.15) is 18.3 Å². The van der Waals surface area contributed by atoms with Crippen molar-refractivity contribution >= 4 is 32.6 Å². The second-order valence-electron chi connectivity index (χ2n) is 9.16. The fourth-order valence-corrected chi connectivity index (χ4v) is 5.24. The lowest BCUT2D eigenvalue weighted by Crippen LogP contribution is -2.56. The van der Waals surface area contributed by atoms with Gasteiger partial charge in [0.2, 0.25) is 0 Å². The van der Waals surface area contributed by atoms with E-state index in [9.17, 15) is 29.0 Å². The van der Waals surface area contributed by atoms with Crippen LogP contribution in [0.5, 0.6) is 0 Å². The molecule has 196 valence electrons. The highest BCUT2D eigenvalue weighted by Gasteiger charge is 2.41. The predicted octanol–water partition coefficient (Wildman–Crippen LogP) is 2.33. The van der Waals surface area contributed by atoms with E-state index in [1.165, 1.54) is 13.0 Å². The first-order valence-corrected chi connectivity index (χ1v) is 13.7. The molecule has 0 radical (unpaired) electrons. The van der Waals surface area contributed by atoms with Crippen LogP contribution in [0.4, 0.5) is 5.69 Å². The maximum absolute atomic E-state index is 12.8. The summed E-state index contributed by atoms with van der Waals surface area (Å²) in [6, 6.07) is 13.3. The summed E-state index contributed by atoms with van der Waals surface area (Å²) in [5.41, 5.74) is 1.68. The van der Waals surface area contributed by atoms with Gasteiger partial charge in [0.25, 0.3) is 10.0 Å². The summed E-state index contributed by atoms with van der Waals surface area (Å²) in [4.78, 5) is 1.83. The van der Waals surface area contributed by atoms with E-state index in [-0.39, 0.29) is 0 Å². The maximum atomic E-state index is 12.8. The molecular weight excluding hydrogens is 482 g/mol. The fraction of sp³-hybridized carbons (Fsp3) is 0.500. The first-order valence-electron chi connectivity index (χ1n) is 12.2. The molecule has 0 spiro atoms. The molecule has 1 fully saturated rings. The lowest BCUT2D eigenvalue weighted by atomic mass is 9.92. The number of nitrogens with zero attached hydrogens (tertiary/aromatic N) is 2. The molecule has 0 aromatic heterocycles. The van der Waals surface area contributed by atoms with Crippen LogP contribution in [-0.4, -0.2) is 68.0 Å². The summed E-state index contributed by atoms with van der Waals surface area (Å²) in [6.45, 7) is 7.32. The summed E-state index contributed by atoms with van der Waals surface area (Å²) in [5, 5.41) is 41.5. The van der Waals surface area contributed by atoms with Crippen LogP contribution < -0.4 is 9.62 Å². The Morgan fingerprint density at radius 1 is 1.08 bits per heavy atom. The number of nitrogens with one attached hydrogen (secondary N) is 1. The third kappa shape index (κ3) is 6.42. The standard InChI is InChI=1S/C26H35N3O6S/c1-4-10-29(11-5-2)21-9-8-19-12-18(6-7-20(19)14-21)13-22(15-27)36(33,34)28-16-23-25(31)24(30)17(3)26(32)35-23/h6-9,12-14,17,23-26,28,30-32H,4-5,10-11,16H2,1-3H3/b22-13+/t17-,23-,24-,25-,26?/m1/s1. The highest BCUT2D eigenvalue weighted by atomic mass is 32.2. The van der Waals surface area contributed by atoms with Gasteiger partial charge in [-0.25, -0.2) is 13.1 Å². The second kappa shape index (κ2) is 12.1. The SMILES string of the molecule is CCCN(CCC)c1ccc2cc(/C=C(\C#N)S(=O)(=O)NC[C@H]3OC(O)[C@H](C)[C@@H](O)[C@@H]3O)ccc2c1. The number of nitriles is 1. The van der Waals surface area contributed by atoms with Gasteiger partial charge in [0.05, 0.1) is 6.10 Å². The van der Waals surface area contributed by atoms with E-state index in [1.54, 1.807) is 12.1 Å². The number of anilines is 1. The molecular formula is C26H35N3O6S. The van der Waals surface area contributed by atoms with Crippen molar-refractivity contribution in [1.29, 1.82) is 5.26 Å². The number of aliphatic hydroxyl groups excluding tert-OH is 3. The number of hydrogen-bond acceptors (Lipinski definition) is 8. The first kappa shape index (κ1) is 28.1. The first-order chi connectivity index (χ1) is 17.1. The van der Waals surface area contributed by atoms with Gasteiger partial charge in [-0.15, -0.1) is 0 Å². The van der Waals surface area contributed by atoms with Crippen LogP contribution in [-0.2, 0) is 14.8 Å². The molecule has 1 saturated heterocycles. The number of sulfonamides is 1. The minimum absolute atomic E-state index is 0.421. The highest BCUT2D eigenvalue weighted by Crippen LogP contribution is 2.26.